The van der Waals surface area contributed by atoms with E-state index in [-0.39, 0.29) is 12.1 Å². The molecule has 0 saturated heterocycles. The molecule has 22 heavy (non-hydrogen) atoms. The van der Waals surface area contributed by atoms with Gasteiger partial charge in [0.05, 0.1) is 7.11 Å². The predicted molar refractivity (Wildman–Crippen MR) is 88.4 cm³/mol. The van der Waals surface area contributed by atoms with E-state index in [4.69, 9.17) is 9.47 Å². The molecule has 0 heterocycles. The second-order valence-corrected chi connectivity index (χ2v) is 6.34. The Kier molecular flexibility index (Phi) is 7.18. The van der Waals surface area contributed by atoms with Gasteiger partial charge in [0.2, 0.25) is 0 Å². The molecule has 5 heteroatoms. The summed E-state index contributed by atoms with van der Waals surface area (Å²) in [5.74, 6) is 0.872. The van der Waals surface area contributed by atoms with Crippen LogP contribution >= 0.6 is 0 Å². The standard InChI is InChI=1S/C17H28N2O3/c1-13(12-19-16(20)22-17(2,3)4)18-10-9-14-7-6-8-15(11-14)21-5/h6-8,11,13,18H,9-10,12H2,1-5H3,(H,19,20). The quantitative estimate of drug-likeness (QED) is 0.813. The molecule has 1 aromatic carbocycles. The van der Waals surface area contributed by atoms with Crippen molar-refractivity contribution in [1.82, 2.24) is 10.6 Å². The van der Waals surface area contributed by atoms with Crippen molar-refractivity contribution in [3.05, 3.63) is 29.8 Å². The van der Waals surface area contributed by atoms with Crippen molar-refractivity contribution in [1.29, 1.82) is 0 Å². The molecule has 0 aliphatic rings. The summed E-state index contributed by atoms with van der Waals surface area (Å²) < 4.78 is 10.4. The lowest BCUT2D eigenvalue weighted by Crippen LogP contribution is -2.41. The van der Waals surface area contributed by atoms with Crippen LogP contribution < -0.4 is 15.4 Å². The molecule has 0 aliphatic heterocycles. The number of carbonyl (C=O) groups excluding carboxylic acids is 1. The number of ether oxygens (including phenoxy) is 2. The molecule has 1 amide bonds. The fraction of sp³-hybridized carbons (Fsp3) is 0.588. The molecule has 0 bridgehead atoms. The highest BCUT2D eigenvalue weighted by atomic mass is 16.6. The van der Waals surface area contributed by atoms with E-state index in [1.807, 2.05) is 45.9 Å². The zero-order chi connectivity index (χ0) is 16.6. The van der Waals surface area contributed by atoms with Crippen LogP contribution in [0.25, 0.3) is 0 Å². The summed E-state index contributed by atoms with van der Waals surface area (Å²) in [7, 11) is 1.67. The molecule has 0 fully saturated rings. The zero-order valence-corrected chi connectivity index (χ0v) is 14.2. The summed E-state index contributed by atoms with van der Waals surface area (Å²) in [6.45, 7) is 8.95. The third-order valence-corrected chi connectivity index (χ3v) is 2.99. The molecule has 0 radical (unpaired) electrons. The second kappa shape index (κ2) is 8.63. The van der Waals surface area contributed by atoms with Gasteiger partial charge in [-0.3, -0.25) is 0 Å². The van der Waals surface area contributed by atoms with Gasteiger partial charge in [0, 0.05) is 12.6 Å². The number of amides is 1. The number of benzene rings is 1. The number of rotatable bonds is 7. The molecule has 1 aromatic rings. The fourth-order valence-corrected chi connectivity index (χ4v) is 1.91. The minimum atomic E-state index is -0.465. The number of methoxy groups -OCH3 is 1. The normalized spacial score (nSPS) is 12.6. The number of alkyl carbamates (subject to hydrolysis) is 1. The molecule has 0 spiro atoms. The van der Waals surface area contributed by atoms with Gasteiger partial charge in [0.25, 0.3) is 0 Å². The van der Waals surface area contributed by atoms with E-state index in [9.17, 15) is 4.79 Å². The van der Waals surface area contributed by atoms with Gasteiger partial charge in [0.15, 0.2) is 0 Å². The van der Waals surface area contributed by atoms with Crippen molar-refractivity contribution in [3.8, 4) is 5.75 Å². The largest absolute Gasteiger partial charge is 0.497 e. The van der Waals surface area contributed by atoms with Gasteiger partial charge >= 0.3 is 6.09 Å². The van der Waals surface area contributed by atoms with E-state index < -0.39 is 5.60 Å². The molecule has 124 valence electrons. The van der Waals surface area contributed by atoms with Crippen molar-refractivity contribution in [2.75, 3.05) is 20.2 Å². The minimum absolute atomic E-state index is 0.179. The highest BCUT2D eigenvalue weighted by Crippen LogP contribution is 2.12. The third-order valence-electron chi connectivity index (χ3n) is 2.99. The maximum absolute atomic E-state index is 11.6. The molecule has 2 N–H and O–H groups in total. The number of nitrogens with one attached hydrogen (secondary N) is 2. The van der Waals surface area contributed by atoms with Crippen LogP contribution in [-0.2, 0) is 11.2 Å². The summed E-state index contributed by atoms with van der Waals surface area (Å²) in [5.41, 5.74) is 0.756. The predicted octanol–water partition coefficient (Wildman–Crippen LogP) is 2.74. The molecule has 1 atom stereocenters. The fourth-order valence-electron chi connectivity index (χ4n) is 1.91. The molecule has 0 aromatic heterocycles. The van der Waals surface area contributed by atoms with Crippen LogP contribution in [-0.4, -0.2) is 37.9 Å². The highest BCUT2D eigenvalue weighted by Gasteiger charge is 2.16. The molecular weight excluding hydrogens is 280 g/mol. The summed E-state index contributed by atoms with van der Waals surface area (Å²) in [6.07, 6.45) is 0.530. The van der Waals surface area contributed by atoms with Crippen LogP contribution in [0.15, 0.2) is 24.3 Å². The van der Waals surface area contributed by atoms with E-state index in [0.717, 1.165) is 18.7 Å². The minimum Gasteiger partial charge on any atom is -0.497 e. The first kappa shape index (κ1) is 18.3. The van der Waals surface area contributed by atoms with Crippen LogP contribution in [0.4, 0.5) is 4.79 Å². The van der Waals surface area contributed by atoms with Crippen LogP contribution in [0.1, 0.15) is 33.3 Å². The van der Waals surface area contributed by atoms with Crippen molar-refractivity contribution in [2.24, 2.45) is 0 Å². The van der Waals surface area contributed by atoms with Crippen molar-refractivity contribution < 1.29 is 14.3 Å². The number of hydrogen-bond acceptors (Lipinski definition) is 4. The van der Waals surface area contributed by atoms with Crippen molar-refractivity contribution >= 4 is 6.09 Å². The summed E-state index contributed by atoms with van der Waals surface area (Å²) >= 11 is 0. The Bertz CT molecular complexity index is 469. The van der Waals surface area contributed by atoms with E-state index in [1.54, 1.807) is 7.11 Å². The smallest absolute Gasteiger partial charge is 0.407 e. The summed E-state index contributed by atoms with van der Waals surface area (Å²) in [6, 6.07) is 8.21. The lowest BCUT2D eigenvalue weighted by molar-refractivity contribution is 0.0523. The third kappa shape index (κ3) is 7.88. The van der Waals surface area contributed by atoms with E-state index in [0.29, 0.717) is 6.54 Å². The van der Waals surface area contributed by atoms with Gasteiger partial charge in [-0.2, -0.15) is 0 Å². The van der Waals surface area contributed by atoms with Gasteiger partial charge in [0.1, 0.15) is 11.4 Å². The monoisotopic (exact) mass is 308 g/mol. The zero-order valence-electron chi connectivity index (χ0n) is 14.2. The van der Waals surface area contributed by atoms with Crippen LogP contribution in [0.5, 0.6) is 5.75 Å². The Morgan fingerprint density at radius 3 is 2.68 bits per heavy atom. The van der Waals surface area contributed by atoms with Gasteiger partial charge in [-0.1, -0.05) is 12.1 Å². The number of carbonyl (C=O) groups is 1. The molecule has 5 nitrogen and oxygen atoms in total. The van der Waals surface area contributed by atoms with Crippen molar-refractivity contribution in [3.63, 3.8) is 0 Å². The van der Waals surface area contributed by atoms with E-state index >= 15 is 0 Å². The first-order chi connectivity index (χ1) is 10.3. The second-order valence-electron chi connectivity index (χ2n) is 6.34. The molecular formula is C17H28N2O3. The summed E-state index contributed by atoms with van der Waals surface area (Å²) in [5, 5.41) is 6.14. The van der Waals surface area contributed by atoms with Crippen molar-refractivity contribution in [2.45, 2.75) is 45.8 Å². The van der Waals surface area contributed by atoms with Crippen LogP contribution in [0.2, 0.25) is 0 Å². The first-order valence-corrected chi connectivity index (χ1v) is 7.63. The Labute approximate surface area is 133 Å². The average molecular weight is 308 g/mol. The Morgan fingerprint density at radius 1 is 1.32 bits per heavy atom. The lowest BCUT2D eigenvalue weighted by atomic mass is 10.1. The van der Waals surface area contributed by atoms with Gasteiger partial charge in [-0.15, -0.1) is 0 Å². The van der Waals surface area contributed by atoms with Gasteiger partial charge in [-0.25, -0.2) is 4.79 Å². The Morgan fingerprint density at radius 2 is 2.05 bits per heavy atom. The topological polar surface area (TPSA) is 59.6 Å². The Hall–Kier alpha value is -1.75. The lowest BCUT2D eigenvalue weighted by Gasteiger charge is -2.21. The van der Waals surface area contributed by atoms with Crippen LogP contribution in [0, 0.1) is 0 Å². The van der Waals surface area contributed by atoms with Gasteiger partial charge in [-0.05, 0) is 58.4 Å². The Balaban J connectivity index is 2.23. The SMILES string of the molecule is COc1cccc(CCNC(C)CNC(=O)OC(C)(C)C)c1. The molecule has 0 aliphatic carbocycles. The average Bonchev–Trinajstić information content (AvgIpc) is 2.43. The molecule has 1 unspecified atom stereocenters. The highest BCUT2D eigenvalue weighted by molar-refractivity contribution is 5.67. The van der Waals surface area contributed by atoms with Crippen LogP contribution in [0.3, 0.4) is 0 Å². The molecule has 1 rings (SSSR count). The van der Waals surface area contributed by atoms with Gasteiger partial charge < -0.3 is 20.1 Å². The maximum Gasteiger partial charge on any atom is 0.407 e. The van der Waals surface area contributed by atoms with E-state index in [2.05, 4.69) is 16.7 Å². The first-order valence-electron chi connectivity index (χ1n) is 7.63. The molecule has 0 saturated carbocycles. The number of hydrogen-bond donors (Lipinski definition) is 2. The van der Waals surface area contributed by atoms with E-state index in [1.165, 1.54) is 5.56 Å². The summed E-state index contributed by atoms with van der Waals surface area (Å²) in [4.78, 5) is 11.6. The maximum atomic E-state index is 11.6.